The molecule has 0 spiro atoms. The first-order valence-electron chi connectivity index (χ1n) is 8.82. The zero-order chi connectivity index (χ0) is 21.7. The summed E-state index contributed by atoms with van der Waals surface area (Å²) in [4.78, 5) is 12.2. The Balaban J connectivity index is 1.60. The minimum absolute atomic E-state index is 0.0451. The molecule has 0 atom stereocenters. The fourth-order valence-electron chi connectivity index (χ4n) is 2.52. The van der Waals surface area contributed by atoms with Crippen LogP contribution in [0, 0.1) is 0 Å². The molecule has 1 amide bonds. The van der Waals surface area contributed by atoms with Crippen LogP contribution in [0.3, 0.4) is 0 Å². The summed E-state index contributed by atoms with van der Waals surface area (Å²) in [5, 5.41) is 4.11. The lowest BCUT2D eigenvalue weighted by Crippen LogP contribution is -2.39. The van der Waals surface area contributed by atoms with Gasteiger partial charge in [0.05, 0.1) is 28.2 Å². The third kappa shape index (κ3) is 6.04. The molecule has 2 aromatic carbocycles. The number of hydrazone groups is 1. The summed E-state index contributed by atoms with van der Waals surface area (Å²) in [6.07, 6.45) is 2.70. The highest BCUT2D eigenvalue weighted by Crippen LogP contribution is 2.33. The van der Waals surface area contributed by atoms with Crippen LogP contribution in [-0.4, -0.2) is 50.9 Å². The van der Waals surface area contributed by atoms with Crippen molar-refractivity contribution >= 4 is 62.8 Å². The number of nitrogens with one attached hydrogen (secondary N) is 1. The van der Waals surface area contributed by atoms with Crippen molar-refractivity contribution in [3.8, 4) is 5.75 Å². The van der Waals surface area contributed by atoms with E-state index in [2.05, 4.69) is 10.5 Å². The molecule has 0 unspecified atom stereocenters. The van der Waals surface area contributed by atoms with Gasteiger partial charge in [-0.05, 0) is 42.0 Å². The molecule has 1 heterocycles. The van der Waals surface area contributed by atoms with Crippen molar-refractivity contribution < 1.29 is 17.9 Å². The number of thioether (sulfide) groups is 1. The largest absolute Gasteiger partial charge is 0.489 e. The van der Waals surface area contributed by atoms with Crippen molar-refractivity contribution in [2.75, 3.05) is 28.6 Å². The molecule has 1 saturated heterocycles. The van der Waals surface area contributed by atoms with E-state index in [0.717, 1.165) is 33.4 Å². The molecular formula is C19H19Cl2N3O4S2. The van der Waals surface area contributed by atoms with E-state index in [9.17, 15) is 13.2 Å². The number of rotatable bonds is 8. The van der Waals surface area contributed by atoms with E-state index in [0.29, 0.717) is 0 Å². The molecule has 0 radical (unpaired) electrons. The third-order valence-corrected chi connectivity index (χ3v) is 7.23. The van der Waals surface area contributed by atoms with E-state index in [1.165, 1.54) is 18.3 Å². The number of carbonyl (C=O) groups is 1. The van der Waals surface area contributed by atoms with Gasteiger partial charge in [0.2, 0.25) is 10.0 Å². The number of amides is 1. The van der Waals surface area contributed by atoms with Gasteiger partial charge in [-0.15, -0.1) is 0 Å². The first kappa shape index (κ1) is 22.7. The van der Waals surface area contributed by atoms with Crippen molar-refractivity contribution in [2.24, 2.45) is 5.10 Å². The average molecular weight is 488 g/mol. The predicted octanol–water partition coefficient (Wildman–Crippen LogP) is 3.40. The smallest absolute Gasteiger partial charge is 0.260 e. The molecule has 1 fully saturated rings. The van der Waals surface area contributed by atoms with Crippen LogP contribution in [-0.2, 0) is 14.8 Å². The summed E-state index contributed by atoms with van der Waals surface area (Å²) in [6, 6.07) is 11.8. The number of benzene rings is 2. The number of hydrogen-bond acceptors (Lipinski definition) is 6. The first-order valence-corrected chi connectivity index (χ1v) is 12.6. The Bertz CT molecular complexity index is 1040. The molecule has 0 aromatic heterocycles. The summed E-state index contributed by atoms with van der Waals surface area (Å²) in [5.74, 6) is 2.15. The molecule has 7 nitrogen and oxygen atoms in total. The fraction of sp³-hybridized carbons (Fsp3) is 0.263. The number of anilines is 1. The Morgan fingerprint density at radius 1 is 1.27 bits per heavy atom. The van der Waals surface area contributed by atoms with E-state index in [1.54, 1.807) is 6.07 Å². The van der Waals surface area contributed by atoms with Crippen LogP contribution in [0.1, 0.15) is 5.56 Å². The normalized spacial score (nSPS) is 14.4. The fourth-order valence-corrected chi connectivity index (χ4v) is 4.39. The quantitative estimate of drug-likeness (QED) is 0.455. The molecular weight excluding hydrogens is 469 g/mol. The Morgan fingerprint density at radius 2 is 1.97 bits per heavy atom. The summed E-state index contributed by atoms with van der Waals surface area (Å²) in [5.41, 5.74) is 3.19. The first-order chi connectivity index (χ1) is 14.2. The van der Waals surface area contributed by atoms with E-state index >= 15 is 0 Å². The maximum Gasteiger partial charge on any atom is 0.260 e. The molecule has 0 bridgehead atoms. The van der Waals surface area contributed by atoms with Crippen LogP contribution >= 0.6 is 35.0 Å². The SMILES string of the molecule is CS(=O)(=O)N(CC(=O)N/N=C\c1ccc(OC2CSC2)cc1)c1cccc(Cl)c1Cl. The second-order valence-electron chi connectivity index (χ2n) is 6.48. The zero-order valence-electron chi connectivity index (χ0n) is 15.9. The van der Waals surface area contributed by atoms with Gasteiger partial charge in [-0.1, -0.05) is 29.3 Å². The molecule has 3 rings (SSSR count). The highest BCUT2D eigenvalue weighted by Gasteiger charge is 2.24. The van der Waals surface area contributed by atoms with Crippen molar-refractivity contribution in [2.45, 2.75) is 6.10 Å². The van der Waals surface area contributed by atoms with E-state index < -0.39 is 22.5 Å². The number of hydrogen-bond donors (Lipinski definition) is 1. The molecule has 1 aliphatic heterocycles. The molecule has 0 aliphatic carbocycles. The molecule has 2 aromatic rings. The lowest BCUT2D eigenvalue weighted by Gasteiger charge is -2.25. The maximum atomic E-state index is 12.2. The van der Waals surface area contributed by atoms with Gasteiger partial charge in [-0.2, -0.15) is 16.9 Å². The van der Waals surface area contributed by atoms with Gasteiger partial charge in [-0.25, -0.2) is 13.8 Å². The molecule has 1 aliphatic rings. The van der Waals surface area contributed by atoms with Gasteiger partial charge in [0.15, 0.2) is 0 Å². The van der Waals surface area contributed by atoms with Gasteiger partial charge in [-0.3, -0.25) is 9.10 Å². The van der Waals surface area contributed by atoms with Gasteiger partial charge in [0.1, 0.15) is 18.4 Å². The number of sulfonamides is 1. The van der Waals surface area contributed by atoms with Crippen LogP contribution in [0.5, 0.6) is 5.75 Å². The van der Waals surface area contributed by atoms with Crippen molar-refractivity contribution in [3.63, 3.8) is 0 Å². The van der Waals surface area contributed by atoms with Gasteiger partial charge in [0, 0.05) is 11.5 Å². The van der Waals surface area contributed by atoms with Crippen LogP contribution in [0.25, 0.3) is 0 Å². The van der Waals surface area contributed by atoms with Gasteiger partial charge >= 0.3 is 0 Å². The van der Waals surface area contributed by atoms with Crippen molar-refractivity contribution in [3.05, 3.63) is 58.1 Å². The standard InChI is InChI=1S/C19H19Cl2N3O4S2/c1-30(26,27)24(17-4-2-3-16(20)19(17)21)10-18(25)23-22-9-13-5-7-14(8-6-13)28-15-11-29-12-15/h2-9,15H,10-12H2,1H3,(H,23,25)/b22-9-. The topological polar surface area (TPSA) is 88.1 Å². The number of ether oxygens (including phenoxy) is 1. The average Bonchev–Trinajstić information content (AvgIpc) is 2.66. The highest BCUT2D eigenvalue weighted by molar-refractivity contribution is 8.00. The maximum absolute atomic E-state index is 12.2. The van der Waals surface area contributed by atoms with E-state index in [1.807, 2.05) is 36.0 Å². The predicted molar refractivity (Wildman–Crippen MR) is 123 cm³/mol. The van der Waals surface area contributed by atoms with Crippen molar-refractivity contribution in [1.29, 1.82) is 0 Å². The zero-order valence-corrected chi connectivity index (χ0v) is 19.1. The number of halogens is 2. The second kappa shape index (κ2) is 9.91. The van der Waals surface area contributed by atoms with Crippen LogP contribution in [0.4, 0.5) is 5.69 Å². The molecule has 1 N–H and O–H groups in total. The van der Waals surface area contributed by atoms with E-state index in [-0.39, 0.29) is 21.8 Å². The van der Waals surface area contributed by atoms with Crippen LogP contribution in [0.15, 0.2) is 47.6 Å². The minimum Gasteiger partial charge on any atom is -0.489 e. The van der Waals surface area contributed by atoms with E-state index in [4.69, 9.17) is 27.9 Å². The Kier molecular flexibility index (Phi) is 7.51. The van der Waals surface area contributed by atoms with Crippen molar-refractivity contribution in [1.82, 2.24) is 5.43 Å². The molecule has 11 heteroatoms. The van der Waals surface area contributed by atoms with Crippen LogP contribution in [0.2, 0.25) is 10.0 Å². The van der Waals surface area contributed by atoms with Gasteiger partial charge in [0.25, 0.3) is 5.91 Å². The minimum atomic E-state index is -3.78. The van der Waals surface area contributed by atoms with Gasteiger partial charge < -0.3 is 4.74 Å². The number of carbonyl (C=O) groups excluding carboxylic acids is 1. The Hall–Kier alpha value is -1.94. The van der Waals surface area contributed by atoms with Crippen LogP contribution < -0.4 is 14.5 Å². The third-order valence-electron chi connectivity index (χ3n) is 4.08. The lowest BCUT2D eigenvalue weighted by atomic mass is 10.2. The Labute approximate surface area is 189 Å². The summed E-state index contributed by atoms with van der Waals surface area (Å²) in [6.45, 7) is -0.498. The molecule has 30 heavy (non-hydrogen) atoms. The lowest BCUT2D eigenvalue weighted by molar-refractivity contribution is -0.119. The summed E-state index contributed by atoms with van der Waals surface area (Å²) >= 11 is 13.9. The summed E-state index contributed by atoms with van der Waals surface area (Å²) in [7, 11) is -3.78. The molecule has 160 valence electrons. The highest BCUT2D eigenvalue weighted by atomic mass is 35.5. The second-order valence-corrected chi connectivity index (χ2v) is 10.2. The Morgan fingerprint density at radius 3 is 2.57 bits per heavy atom. The number of nitrogens with zero attached hydrogens (tertiary/aromatic N) is 2. The monoisotopic (exact) mass is 487 g/mol. The summed E-state index contributed by atoms with van der Waals surface area (Å²) < 4.78 is 30.9. The molecule has 0 saturated carbocycles.